The lowest BCUT2D eigenvalue weighted by Gasteiger charge is -2.29. The molecule has 0 unspecified atom stereocenters. The first-order valence-corrected chi connectivity index (χ1v) is 9.34. The Hall–Kier alpha value is -2.85. The quantitative estimate of drug-likeness (QED) is 0.687. The number of fused-ring (bicyclic) bond motifs is 1. The molecule has 0 saturated heterocycles. The van der Waals surface area contributed by atoms with Gasteiger partial charge < -0.3 is 9.47 Å². The molecule has 1 aromatic heterocycles. The molecule has 136 valence electrons. The van der Waals surface area contributed by atoms with Crippen molar-refractivity contribution in [1.82, 2.24) is 4.57 Å². The number of hydrogen-bond donors (Lipinski definition) is 0. The van der Waals surface area contributed by atoms with Crippen LogP contribution in [0.25, 0.3) is 0 Å². The van der Waals surface area contributed by atoms with Crippen LogP contribution in [0.15, 0.2) is 71.7 Å². The van der Waals surface area contributed by atoms with Gasteiger partial charge in [0.25, 0.3) is 11.5 Å². The molecule has 1 amide bonds. The highest BCUT2D eigenvalue weighted by molar-refractivity contribution is 6.30. The number of anilines is 1. The standard InChI is InChI=1S/C22H19ClN2O2/c23-19-10-7-16(8-11-19)14-24-15-18(9-12-21(24)26)22(27)25-13-3-5-17-4-1-2-6-20(17)25/h1-2,4,6-12,15H,3,5,13-14H2. The number of pyridine rings is 1. The van der Waals surface area contributed by atoms with Gasteiger partial charge in [0.2, 0.25) is 0 Å². The monoisotopic (exact) mass is 378 g/mol. The van der Waals surface area contributed by atoms with Gasteiger partial charge in [0, 0.05) is 29.5 Å². The molecule has 0 saturated carbocycles. The van der Waals surface area contributed by atoms with Gasteiger partial charge in [-0.2, -0.15) is 0 Å². The SMILES string of the molecule is O=C(c1ccc(=O)n(Cc2ccc(Cl)cc2)c1)N1CCCc2ccccc21. The Morgan fingerprint density at radius 2 is 1.78 bits per heavy atom. The predicted molar refractivity (Wildman–Crippen MR) is 108 cm³/mol. The molecule has 0 fully saturated rings. The summed E-state index contributed by atoms with van der Waals surface area (Å²) < 4.78 is 1.56. The highest BCUT2D eigenvalue weighted by Crippen LogP contribution is 2.27. The molecule has 0 N–H and O–H groups in total. The summed E-state index contributed by atoms with van der Waals surface area (Å²) in [5.41, 5.74) is 3.48. The van der Waals surface area contributed by atoms with Crippen LogP contribution in [0.3, 0.4) is 0 Å². The van der Waals surface area contributed by atoms with Crippen LogP contribution in [0.4, 0.5) is 5.69 Å². The Labute approximate surface area is 162 Å². The first-order chi connectivity index (χ1) is 13.1. The molecule has 1 aliphatic rings. The van der Waals surface area contributed by atoms with Crippen molar-refractivity contribution in [3.63, 3.8) is 0 Å². The van der Waals surface area contributed by atoms with Crippen LogP contribution in [0.1, 0.15) is 27.9 Å². The van der Waals surface area contributed by atoms with Crippen LogP contribution in [0.5, 0.6) is 0 Å². The Balaban J connectivity index is 1.64. The van der Waals surface area contributed by atoms with Gasteiger partial charge in [-0.15, -0.1) is 0 Å². The highest BCUT2D eigenvalue weighted by atomic mass is 35.5. The smallest absolute Gasteiger partial charge is 0.259 e. The largest absolute Gasteiger partial charge is 0.310 e. The number of benzene rings is 2. The minimum Gasteiger partial charge on any atom is -0.310 e. The summed E-state index contributed by atoms with van der Waals surface area (Å²) in [7, 11) is 0. The summed E-state index contributed by atoms with van der Waals surface area (Å²) in [5, 5.41) is 0.652. The fourth-order valence-electron chi connectivity index (χ4n) is 3.47. The molecule has 0 aliphatic carbocycles. The zero-order valence-electron chi connectivity index (χ0n) is 14.8. The Morgan fingerprint density at radius 1 is 1.00 bits per heavy atom. The van der Waals surface area contributed by atoms with Crippen LogP contribution in [0, 0.1) is 0 Å². The van der Waals surface area contributed by atoms with E-state index in [9.17, 15) is 9.59 Å². The maximum absolute atomic E-state index is 13.1. The van der Waals surface area contributed by atoms with Crippen molar-refractivity contribution < 1.29 is 4.79 Å². The van der Waals surface area contributed by atoms with Gasteiger partial charge in [-0.05, 0) is 48.2 Å². The highest BCUT2D eigenvalue weighted by Gasteiger charge is 2.23. The van der Waals surface area contributed by atoms with E-state index in [4.69, 9.17) is 11.6 Å². The van der Waals surface area contributed by atoms with Crippen molar-refractivity contribution in [2.75, 3.05) is 11.4 Å². The number of para-hydroxylation sites is 1. The Kier molecular flexibility index (Phi) is 4.82. The van der Waals surface area contributed by atoms with Gasteiger partial charge in [-0.1, -0.05) is 41.9 Å². The first kappa shape index (κ1) is 17.6. The normalized spacial score (nSPS) is 13.3. The number of nitrogens with zero attached hydrogens (tertiary/aromatic N) is 2. The number of carbonyl (C=O) groups is 1. The molecule has 0 atom stereocenters. The molecule has 1 aliphatic heterocycles. The average molecular weight is 379 g/mol. The minimum atomic E-state index is -0.138. The van der Waals surface area contributed by atoms with E-state index in [1.807, 2.05) is 35.2 Å². The second kappa shape index (κ2) is 7.41. The molecule has 4 nitrogen and oxygen atoms in total. The lowest BCUT2D eigenvalue weighted by atomic mass is 10.0. The molecule has 5 heteroatoms. The van der Waals surface area contributed by atoms with Crippen molar-refractivity contribution in [1.29, 1.82) is 0 Å². The summed E-state index contributed by atoms with van der Waals surface area (Å²) in [4.78, 5) is 27.2. The number of amides is 1. The molecule has 0 bridgehead atoms. The third kappa shape index (κ3) is 3.67. The third-order valence-electron chi connectivity index (χ3n) is 4.85. The third-order valence-corrected chi connectivity index (χ3v) is 5.10. The molecular weight excluding hydrogens is 360 g/mol. The van der Waals surface area contributed by atoms with Gasteiger partial charge >= 0.3 is 0 Å². The fraction of sp³-hybridized carbons (Fsp3) is 0.182. The molecule has 0 spiro atoms. The van der Waals surface area contributed by atoms with Gasteiger partial charge in [-0.25, -0.2) is 0 Å². The lowest BCUT2D eigenvalue weighted by Crippen LogP contribution is -2.36. The second-order valence-corrected chi connectivity index (χ2v) is 7.14. The number of halogens is 1. The van der Waals surface area contributed by atoms with E-state index in [1.54, 1.807) is 29.0 Å². The van der Waals surface area contributed by atoms with Crippen molar-refractivity contribution in [2.45, 2.75) is 19.4 Å². The van der Waals surface area contributed by atoms with Crippen LogP contribution in [-0.4, -0.2) is 17.0 Å². The van der Waals surface area contributed by atoms with Crippen molar-refractivity contribution in [3.05, 3.63) is 98.9 Å². The maximum atomic E-state index is 13.1. The minimum absolute atomic E-state index is 0.0768. The van der Waals surface area contributed by atoms with E-state index in [1.165, 1.54) is 11.6 Å². The zero-order chi connectivity index (χ0) is 18.8. The van der Waals surface area contributed by atoms with Gasteiger partial charge in [-0.3, -0.25) is 9.59 Å². The number of aromatic nitrogens is 1. The summed E-state index contributed by atoms with van der Waals surface area (Å²) in [6.45, 7) is 1.08. The molecule has 2 aromatic carbocycles. The Morgan fingerprint density at radius 3 is 2.59 bits per heavy atom. The molecule has 4 rings (SSSR count). The predicted octanol–water partition coefficient (Wildman–Crippen LogP) is 4.14. The number of hydrogen-bond acceptors (Lipinski definition) is 2. The van der Waals surface area contributed by atoms with E-state index in [0.29, 0.717) is 23.7 Å². The fourth-order valence-corrected chi connectivity index (χ4v) is 3.59. The van der Waals surface area contributed by atoms with E-state index in [2.05, 4.69) is 6.07 Å². The van der Waals surface area contributed by atoms with Crippen LogP contribution in [0.2, 0.25) is 5.02 Å². The van der Waals surface area contributed by atoms with Gasteiger partial charge in [0.1, 0.15) is 0 Å². The van der Waals surface area contributed by atoms with Gasteiger partial charge in [0.15, 0.2) is 0 Å². The number of carbonyl (C=O) groups excluding carboxylic acids is 1. The number of aryl methyl sites for hydroxylation is 1. The summed E-state index contributed by atoms with van der Waals surface area (Å²) >= 11 is 5.92. The molecule has 0 radical (unpaired) electrons. The molecule has 2 heterocycles. The molecular formula is C22H19ClN2O2. The van der Waals surface area contributed by atoms with E-state index in [0.717, 1.165) is 24.1 Å². The topological polar surface area (TPSA) is 42.3 Å². The average Bonchev–Trinajstić information content (AvgIpc) is 2.70. The van der Waals surface area contributed by atoms with Crippen molar-refractivity contribution in [3.8, 4) is 0 Å². The number of rotatable bonds is 3. The zero-order valence-corrected chi connectivity index (χ0v) is 15.5. The summed E-state index contributed by atoms with van der Waals surface area (Å²) in [6.07, 6.45) is 3.57. The van der Waals surface area contributed by atoms with E-state index in [-0.39, 0.29) is 11.5 Å². The van der Waals surface area contributed by atoms with Crippen LogP contribution in [-0.2, 0) is 13.0 Å². The van der Waals surface area contributed by atoms with E-state index < -0.39 is 0 Å². The van der Waals surface area contributed by atoms with E-state index >= 15 is 0 Å². The second-order valence-electron chi connectivity index (χ2n) is 6.70. The Bertz CT molecular complexity index is 1040. The summed E-state index contributed by atoms with van der Waals surface area (Å²) in [5.74, 6) is -0.0768. The van der Waals surface area contributed by atoms with Crippen LogP contribution < -0.4 is 10.5 Å². The lowest BCUT2D eigenvalue weighted by molar-refractivity contribution is 0.0984. The molecule has 27 heavy (non-hydrogen) atoms. The van der Waals surface area contributed by atoms with Crippen molar-refractivity contribution in [2.24, 2.45) is 0 Å². The van der Waals surface area contributed by atoms with Gasteiger partial charge in [0.05, 0.1) is 12.1 Å². The maximum Gasteiger partial charge on any atom is 0.259 e. The van der Waals surface area contributed by atoms with Crippen molar-refractivity contribution >= 4 is 23.2 Å². The first-order valence-electron chi connectivity index (χ1n) is 8.96. The molecule has 3 aromatic rings. The van der Waals surface area contributed by atoms with Crippen LogP contribution >= 0.6 is 11.6 Å². The summed E-state index contributed by atoms with van der Waals surface area (Å²) in [6, 6.07) is 18.4.